The van der Waals surface area contributed by atoms with E-state index in [1.54, 1.807) is 24.5 Å². The number of hydrogen-bond donors (Lipinski definition) is 1. The number of allylic oxidation sites excluding steroid dienone is 2. The minimum absolute atomic E-state index is 0.606. The molecule has 0 amide bonds. The smallest absolute Gasteiger partial charge is 0.314 e. The summed E-state index contributed by atoms with van der Waals surface area (Å²) in [5.41, 5.74) is 0. The van der Waals surface area contributed by atoms with Crippen LogP contribution in [0.15, 0.2) is 24.5 Å². The fourth-order valence-corrected chi connectivity index (χ4v) is 0.401. The maximum Gasteiger partial charge on any atom is 0.314 e. The molecule has 0 spiro atoms. The topological polar surface area (TPSA) is 33.0 Å². The Labute approximate surface area is 41.7 Å². The van der Waals surface area contributed by atoms with E-state index in [9.17, 15) is 0 Å². The molecule has 0 saturated heterocycles. The molecule has 1 rings (SSSR count). The molecule has 1 aliphatic rings. The number of aliphatic hydroxyl groups excluding tert-OH is 1. The van der Waals surface area contributed by atoms with Crippen molar-refractivity contribution in [2.45, 2.75) is 6.29 Å². The van der Waals surface area contributed by atoms with Crippen molar-refractivity contribution in [1.29, 1.82) is 0 Å². The van der Waals surface area contributed by atoms with Crippen LogP contribution in [0.1, 0.15) is 0 Å². The predicted octanol–water partition coefficient (Wildman–Crippen LogP) is -0.0837. The SMILES string of the molecule is OC1C=CC=C[OH+]1. The molecule has 1 aliphatic heterocycles. The molecule has 0 aliphatic carbocycles. The highest BCUT2D eigenvalue weighted by atomic mass is 16.6. The highest BCUT2D eigenvalue weighted by molar-refractivity contribution is 5.04. The summed E-state index contributed by atoms with van der Waals surface area (Å²) in [5.74, 6) is 0. The molecule has 2 N–H and O–H groups in total. The Morgan fingerprint density at radius 2 is 2.29 bits per heavy atom. The van der Waals surface area contributed by atoms with E-state index in [0.29, 0.717) is 0 Å². The van der Waals surface area contributed by atoms with E-state index in [1.165, 1.54) is 0 Å². The highest BCUT2D eigenvalue weighted by Gasteiger charge is 1.99. The second-order valence-electron chi connectivity index (χ2n) is 1.29. The van der Waals surface area contributed by atoms with Gasteiger partial charge < -0.3 is 9.84 Å². The van der Waals surface area contributed by atoms with Crippen molar-refractivity contribution in [3.63, 3.8) is 0 Å². The Balaban J connectivity index is 2.49. The molecule has 1 heterocycles. The van der Waals surface area contributed by atoms with Gasteiger partial charge in [-0.05, 0) is 6.08 Å². The molecule has 2 nitrogen and oxygen atoms in total. The summed E-state index contributed by atoms with van der Waals surface area (Å²) in [6.07, 6.45) is 6.11. The molecule has 0 bridgehead atoms. The van der Waals surface area contributed by atoms with E-state index in [-0.39, 0.29) is 0 Å². The first kappa shape index (κ1) is 4.40. The van der Waals surface area contributed by atoms with E-state index in [2.05, 4.69) is 4.74 Å². The summed E-state index contributed by atoms with van der Waals surface area (Å²) in [7, 11) is 0. The molecular formula is C5H7O2+. The maximum atomic E-state index is 8.60. The molecule has 7 heavy (non-hydrogen) atoms. The van der Waals surface area contributed by atoms with Crippen LogP contribution < -0.4 is 0 Å². The molecule has 0 fully saturated rings. The van der Waals surface area contributed by atoms with Gasteiger partial charge in [0.2, 0.25) is 6.26 Å². The first-order chi connectivity index (χ1) is 3.39. The summed E-state index contributed by atoms with van der Waals surface area (Å²) in [6.45, 7) is 0. The van der Waals surface area contributed by atoms with Gasteiger partial charge in [-0.15, -0.1) is 0 Å². The van der Waals surface area contributed by atoms with Gasteiger partial charge in [-0.25, -0.2) is 0 Å². The largest absolute Gasteiger partial charge is 0.563 e. The molecule has 0 saturated carbocycles. The average Bonchev–Trinajstić information content (AvgIpc) is 1.69. The zero-order valence-electron chi connectivity index (χ0n) is 3.78. The third kappa shape index (κ3) is 1.05. The monoisotopic (exact) mass is 99.0 g/mol. The molecule has 0 aromatic rings. The molecule has 1 unspecified atom stereocenters. The van der Waals surface area contributed by atoms with Crippen molar-refractivity contribution >= 4 is 0 Å². The third-order valence-corrected chi connectivity index (χ3v) is 0.719. The van der Waals surface area contributed by atoms with Crippen molar-refractivity contribution in [2.75, 3.05) is 0 Å². The molecule has 0 aromatic carbocycles. The number of rotatable bonds is 0. The van der Waals surface area contributed by atoms with Crippen molar-refractivity contribution < 1.29 is 9.84 Å². The van der Waals surface area contributed by atoms with Gasteiger partial charge >= 0.3 is 6.29 Å². The van der Waals surface area contributed by atoms with Crippen LogP contribution in [0.4, 0.5) is 0 Å². The average molecular weight is 99.1 g/mol. The summed E-state index contributed by atoms with van der Waals surface area (Å²) in [6, 6.07) is 0. The van der Waals surface area contributed by atoms with Gasteiger partial charge in [0.05, 0.1) is 0 Å². The van der Waals surface area contributed by atoms with Gasteiger partial charge in [0.1, 0.15) is 0 Å². The van der Waals surface area contributed by atoms with Gasteiger partial charge in [-0.1, -0.05) is 0 Å². The standard InChI is InChI=1S/C5H6O2/c6-5-3-1-2-4-7-5/h1-6H/p+1. The fourth-order valence-electron chi connectivity index (χ4n) is 0.401. The Kier molecular flexibility index (Phi) is 1.13. The van der Waals surface area contributed by atoms with Crippen molar-refractivity contribution in [3.8, 4) is 0 Å². The quantitative estimate of drug-likeness (QED) is 0.423. The Morgan fingerprint density at radius 3 is 2.57 bits per heavy atom. The van der Waals surface area contributed by atoms with Crippen LogP contribution in [0.2, 0.25) is 0 Å². The van der Waals surface area contributed by atoms with Gasteiger partial charge in [0.15, 0.2) is 0 Å². The maximum absolute atomic E-state index is 8.60. The minimum Gasteiger partial charge on any atom is -0.563 e. The van der Waals surface area contributed by atoms with Crippen molar-refractivity contribution in [3.05, 3.63) is 24.5 Å². The molecule has 0 radical (unpaired) electrons. The molecule has 38 valence electrons. The predicted molar refractivity (Wildman–Crippen MR) is 26.5 cm³/mol. The first-order valence-electron chi connectivity index (χ1n) is 2.11. The van der Waals surface area contributed by atoms with Gasteiger partial charge in [0, 0.05) is 12.2 Å². The molecule has 1 atom stereocenters. The lowest BCUT2D eigenvalue weighted by molar-refractivity contribution is -0.125. The van der Waals surface area contributed by atoms with Crippen molar-refractivity contribution in [1.82, 2.24) is 0 Å². The van der Waals surface area contributed by atoms with Gasteiger partial charge in [-0.2, -0.15) is 0 Å². The summed E-state index contributed by atoms with van der Waals surface area (Å²) in [4.78, 5) is 0. The zero-order chi connectivity index (χ0) is 5.11. The summed E-state index contributed by atoms with van der Waals surface area (Å²) in [5, 5.41) is 8.60. The summed E-state index contributed by atoms with van der Waals surface area (Å²) >= 11 is 0. The Morgan fingerprint density at radius 1 is 1.43 bits per heavy atom. The Hall–Kier alpha value is -0.760. The normalized spacial score (nSPS) is 27.3. The van der Waals surface area contributed by atoms with Gasteiger partial charge in [0.25, 0.3) is 0 Å². The molecule has 0 aromatic heterocycles. The van der Waals surface area contributed by atoms with E-state index in [1.807, 2.05) is 0 Å². The van der Waals surface area contributed by atoms with E-state index >= 15 is 0 Å². The number of hydrogen-bond acceptors (Lipinski definition) is 1. The first-order valence-corrected chi connectivity index (χ1v) is 2.11. The number of ether oxygens (including phenoxy) is 1. The molecular weight excluding hydrogens is 92.1 g/mol. The number of aliphatic hydroxyl groups is 3. The van der Waals surface area contributed by atoms with Crippen LogP contribution in [0.5, 0.6) is 0 Å². The van der Waals surface area contributed by atoms with Crippen molar-refractivity contribution in [2.24, 2.45) is 0 Å². The minimum atomic E-state index is -0.606. The second-order valence-corrected chi connectivity index (χ2v) is 1.29. The van der Waals surface area contributed by atoms with Crippen LogP contribution in [-0.2, 0) is 0 Å². The third-order valence-electron chi connectivity index (χ3n) is 0.719. The summed E-state index contributed by atoms with van der Waals surface area (Å²) < 4.78 is 3.62. The van der Waals surface area contributed by atoms with E-state index < -0.39 is 6.29 Å². The van der Waals surface area contributed by atoms with E-state index in [0.717, 1.165) is 0 Å². The van der Waals surface area contributed by atoms with Crippen LogP contribution in [-0.4, -0.2) is 16.1 Å². The highest BCUT2D eigenvalue weighted by Crippen LogP contribution is 1.92. The lowest BCUT2D eigenvalue weighted by Gasteiger charge is -2.03. The Bertz CT molecular complexity index is 105. The van der Waals surface area contributed by atoms with Crippen LogP contribution >= 0.6 is 0 Å². The lowest BCUT2D eigenvalue weighted by Crippen LogP contribution is -2.09. The van der Waals surface area contributed by atoms with Crippen LogP contribution in [0, 0.1) is 0 Å². The molecule has 2 heteroatoms. The van der Waals surface area contributed by atoms with E-state index in [4.69, 9.17) is 5.11 Å². The lowest BCUT2D eigenvalue weighted by atomic mass is 10.4. The van der Waals surface area contributed by atoms with Gasteiger partial charge in [-0.3, -0.25) is 0 Å². The van der Waals surface area contributed by atoms with Crippen LogP contribution in [0.25, 0.3) is 0 Å². The zero-order valence-corrected chi connectivity index (χ0v) is 3.78. The fraction of sp³-hybridized carbons (Fsp3) is 0.200. The second kappa shape index (κ2) is 1.80. The van der Waals surface area contributed by atoms with Crippen LogP contribution in [0.3, 0.4) is 0 Å².